The summed E-state index contributed by atoms with van der Waals surface area (Å²) in [7, 11) is 0. The van der Waals surface area contributed by atoms with Gasteiger partial charge in [0.25, 0.3) is 0 Å². The summed E-state index contributed by atoms with van der Waals surface area (Å²) in [5, 5.41) is 9.79. The molecule has 18 heavy (non-hydrogen) atoms. The van der Waals surface area contributed by atoms with Crippen LogP contribution in [0.5, 0.6) is 0 Å². The number of H-pyrrole nitrogens is 1. The lowest BCUT2D eigenvalue weighted by atomic mass is 10.0. The molecule has 0 aromatic carbocycles. The van der Waals surface area contributed by atoms with Crippen molar-refractivity contribution in [2.45, 2.75) is 58.4 Å². The minimum Gasteiger partial charge on any atom is -0.346 e. The summed E-state index contributed by atoms with van der Waals surface area (Å²) in [6, 6.07) is -0.119. The van der Waals surface area contributed by atoms with Crippen LogP contribution in [0.25, 0.3) is 0 Å². The van der Waals surface area contributed by atoms with Crippen LogP contribution < -0.4 is 5.32 Å². The highest BCUT2D eigenvalue weighted by atomic mass is 16.1. The normalized spacial score (nSPS) is 17.9. The van der Waals surface area contributed by atoms with Crippen molar-refractivity contribution in [2.75, 3.05) is 0 Å². The maximum atomic E-state index is 11.8. The van der Waals surface area contributed by atoms with Gasteiger partial charge in [0.05, 0.1) is 6.04 Å². The summed E-state index contributed by atoms with van der Waals surface area (Å²) < 4.78 is 0. The van der Waals surface area contributed by atoms with E-state index in [9.17, 15) is 4.79 Å². The molecular formula is C13H22N4O. The smallest absolute Gasteiger partial charge is 0.220 e. The number of aryl methyl sites for hydroxylation is 1. The second kappa shape index (κ2) is 5.98. The Labute approximate surface area is 108 Å². The monoisotopic (exact) mass is 250 g/mol. The molecule has 2 rings (SSSR count). The summed E-state index contributed by atoms with van der Waals surface area (Å²) in [5.41, 5.74) is 0. The van der Waals surface area contributed by atoms with Crippen molar-refractivity contribution in [2.24, 2.45) is 5.92 Å². The SMILES string of the molecule is Cc1nc(C(C)NC(=O)CCC2CCCC2)n[nH]1. The zero-order valence-electron chi connectivity index (χ0n) is 11.2. The zero-order valence-corrected chi connectivity index (χ0v) is 11.2. The zero-order chi connectivity index (χ0) is 13.0. The molecule has 5 heteroatoms. The molecule has 1 aromatic rings. The van der Waals surface area contributed by atoms with Crippen LogP contribution in [-0.2, 0) is 4.79 Å². The molecule has 1 amide bonds. The number of aromatic amines is 1. The highest BCUT2D eigenvalue weighted by Crippen LogP contribution is 2.28. The van der Waals surface area contributed by atoms with E-state index in [1.807, 2.05) is 13.8 Å². The van der Waals surface area contributed by atoms with E-state index in [1.165, 1.54) is 25.7 Å². The molecule has 100 valence electrons. The third-order valence-corrected chi connectivity index (χ3v) is 3.63. The number of hydrogen-bond donors (Lipinski definition) is 2. The number of nitrogens with one attached hydrogen (secondary N) is 2. The molecule has 5 nitrogen and oxygen atoms in total. The molecule has 1 aliphatic carbocycles. The number of rotatable bonds is 5. The summed E-state index contributed by atoms with van der Waals surface area (Å²) in [6.45, 7) is 3.77. The fourth-order valence-corrected chi connectivity index (χ4v) is 2.57. The van der Waals surface area contributed by atoms with E-state index in [0.717, 1.165) is 18.2 Å². The first kappa shape index (κ1) is 13.1. The van der Waals surface area contributed by atoms with Gasteiger partial charge in [-0.1, -0.05) is 25.7 Å². The van der Waals surface area contributed by atoms with Gasteiger partial charge >= 0.3 is 0 Å². The van der Waals surface area contributed by atoms with E-state index in [-0.39, 0.29) is 11.9 Å². The molecule has 2 N–H and O–H groups in total. The predicted octanol–water partition coefficient (Wildman–Crippen LogP) is 2.26. The quantitative estimate of drug-likeness (QED) is 0.842. The summed E-state index contributed by atoms with van der Waals surface area (Å²) >= 11 is 0. The third kappa shape index (κ3) is 3.55. The fourth-order valence-electron chi connectivity index (χ4n) is 2.57. The van der Waals surface area contributed by atoms with E-state index in [0.29, 0.717) is 12.2 Å². The molecule has 0 radical (unpaired) electrons. The molecular weight excluding hydrogens is 228 g/mol. The Morgan fingerprint density at radius 3 is 2.83 bits per heavy atom. The number of hydrogen-bond acceptors (Lipinski definition) is 3. The van der Waals surface area contributed by atoms with Crippen molar-refractivity contribution in [1.82, 2.24) is 20.5 Å². The van der Waals surface area contributed by atoms with Crippen molar-refractivity contribution in [3.8, 4) is 0 Å². The molecule has 1 heterocycles. The van der Waals surface area contributed by atoms with Crippen molar-refractivity contribution in [3.63, 3.8) is 0 Å². The highest BCUT2D eigenvalue weighted by Gasteiger charge is 2.18. The van der Waals surface area contributed by atoms with Crippen LogP contribution in [0.1, 0.15) is 63.1 Å². The van der Waals surface area contributed by atoms with Gasteiger partial charge < -0.3 is 5.32 Å². The van der Waals surface area contributed by atoms with Gasteiger partial charge in [-0.25, -0.2) is 4.98 Å². The average molecular weight is 250 g/mol. The van der Waals surface area contributed by atoms with E-state index in [2.05, 4.69) is 20.5 Å². The molecule has 1 aromatic heterocycles. The molecule has 1 saturated carbocycles. The van der Waals surface area contributed by atoms with Crippen LogP contribution in [-0.4, -0.2) is 21.1 Å². The molecule has 0 aliphatic heterocycles. The van der Waals surface area contributed by atoms with Gasteiger partial charge in [-0.3, -0.25) is 9.89 Å². The third-order valence-electron chi connectivity index (χ3n) is 3.63. The predicted molar refractivity (Wildman–Crippen MR) is 68.9 cm³/mol. The standard InChI is InChI=1S/C13H22N4O/c1-9(13-15-10(2)16-17-13)14-12(18)8-7-11-5-3-4-6-11/h9,11H,3-8H2,1-2H3,(H,14,18)(H,15,16,17). The Kier molecular flexibility index (Phi) is 4.33. The van der Waals surface area contributed by atoms with Crippen LogP contribution in [0.3, 0.4) is 0 Å². The van der Waals surface area contributed by atoms with Gasteiger partial charge in [0, 0.05) is 6.42 Å². The Morgan fingerprint density at radius 1 is 1.50 bits per heavy atom. The van der Waals surface area contributed by atoms with Gasteiger partial charge in [-0.15, -0.1) is 0 Å². The minimum absolute atomic E-state index is 0.108. The molecule has 0 bridgehead atoms. The summed E-state index contributed by atoms with van der Waals surface area (Å²) in [4.78, 5) is 16.0. The van der Waals surface area contributed by atoms with Crippen LogP contribution in [0.15, 0.2) is 0 Å². The van der Waals surface area contributed by atoms with E-state index < -0.39 is 0 Å². The Balaban J connectivity index is 1.73. The molecule has 1 atom stereocenters. The number of carbonyl (C=O) groups excluding carboxylic acids is 1. The molecule has 1 unspecified atom stereocenters. The van der Waals surface area contributed by atoms with Crippen LogP contribution >= 0.6 is 0 Å². The number of aromatic nitrogens is 3. The van der Waals surface area contributed by atoms with Crippen LogP contribution in [0.4, 0.5) is 0 Å². The van der Waals surface area contributed by atoms with E-state index >= 15 is 0 Å². The van der Waals surface area contributed by atoms with E-state index in [1.54, 1.807) is 0 Å². The maximum Gasteiger partial charge on any atom is 0.220 e. The van der Waals surface area contributed by atoms with Gasteiger partial charge in [-0.05, 0) is 26.2 Å². The number of amides is 1. The second-order valence-electron chi connectivity index (χ2n) is 5.26. The molecule has 1 fully saturated rings. The lowest BCUT2D eigenvalue weighted by molar-refractivity contribution is -0.122. The first-order valence-electron chi connectivity index (χ1n) is 6.83. The Morgan fingerprint density at radius 2 is 2.22 bits per heavy atom. The lowest BCUT2D eigenvalue weighted by Crippen LogP contribution is -2.27. The number of nitrogens with zero attached hydrogens (tertiary/aromatic N) is 2. The Hall–Kier alpha value is -1.39. The van der Waals surface area contributed by atoms with Gasteiger partial charge in [0.15, 0.2) is 5.82 Å². The first-order chi connectivity index (χ1) is 8.65. The van der Waals surface area contributed by atoms with Crippen molar-refractivity contribution >= 4 is 5.91 Å². The molecule has 0 spiro atoms. The largest absolute Gasteiger partial charge is 0.346 e. The minimum atomic E-state index is -0.119. The topological polar surface area (TPSA) is 70.7 Å². The van der Waals surface area contributed by atoms with Gasteiger partial charge in [-0.2, -0.15) is 5.10 Å². The van der Waals surface area contributed by atoms with Gasteiger partial charge in [0.2, 0.25) is 5.91 Å². The van der Waals surface area contributed by atoms with Crippen molar-refractivity contribution in [3.05, 3.63) is 11.6 Å². The molecule has 0 saturated heterocycles. The van der Waals surface area contributed by atoms with Crippen molar-refractivity contribution < 1.29 is 4.79 Å². The first-order valence-corrected chi connectivity index (χ1v) is 6.83. The number of carbonyl (C=O) groups is 1. The van der Waals surface area contributed by atoms with E-state index in [4.69, 9.17) is 0 Å². The maximum absolute atomic E-state index is 11.8. The summed E-state index contributed by atoms with van der Waals surface area (Å²) in [6.07, 6.45) is 6.90. The second-order valence-corrected chi connectivity index (χ2v) is 5.26. The lowest BCUT2D eigenvalue weighted by Gasteiger charge is -2.12. The highest BCUT2D eigenvalue weighted by molar-refractivity contribution is 5.76. The molecule has 1 aliphatic rings. The summed E-state index contributed by atoms with van der Waals surface area (Å²) in [5.74, 6) is 2.30. The fraction of sp³-hybridized carbons (Fsp3) is 0.769. The van der Waals surface area contributed by atoms with Crippen molar-refractivity contribution in [1.29, 1.82) is 0 Å². The average Bonchev–Trinajstić information content (AvgIpc) is 2.97. The van der Waals surface area contributed by atoms with Crippen LogP contribution in [0.2, 0.25) is 0 Å². The van der Waals surface area contributed by atoms with Gasteiger partial charge in [0.1, 0.15) is 5.82 Å². The Bertz CT molecular complexity index is 395. The van der Waals surface area contributed by atoms with Crippen LogP contribution in [0, 0.1) is 12.8 Å².